The van der Waals surface area contributed by atoms with Gasteiger partial charge in [-0.25, -0.2) is 14.8 Å². The van der Waals surface area contributed by atoms with Gasteiger partial charge in [0.05, 0.1) is 34.0 Å². The average Bonchev–Trinajstić information content (AvgIpc) is 2.73. The van der Waals surface area contributed by atoms with E-state index in [1.165, 1.54) is 7.11 Å². The molecule has 2 aromatic heterocycles. The van der Waals surface area contributed by atoms with Crippen LogP contribution < -0.4 is 5.32 Å². The summed E-state index contributed by atoms with van der Waals surface area (Å²) in [5.41, 5.74) is 0.748. The molecule has 1 N–H and O–H groups in total. The van der Waals surface area contributed by atoms with Crippen molar-refractivity contribution < 1.29 is 32.2 Å². The Morgan fingerprint density at radius 2 is 1.94 bits per heavy atom. The number of carbonyl (C=O) groups is 2. The van der Waals surface area contributed by atoms with E-state index in [0.29, 0.717) is 29.0 Å². The Balaban J connectivity index is 1.74. The normalized spacial score (nSPS) is 11.4. The van der Waals surface area contributed by atoms with E-state index in [2.05, 4.69) is 15.3 Å². The van der Waals surface area contributed by atoms with E-state index in [0.717, 1.165) is 5.39 Å². The fourth-order valence-corrected chi connectivity index (χ4v) is 3.22. The number of ether oxygens (including phenoxy) is 2. The van der Waals surface area contributed by atoms with Crippen LogP contribution in [0.1, 0.15) is 27.2 Å². The number of hydrogen-bond donors (Lipinski definition) is 1. The standard InChI is InChI=1S/C21H17ClF3N3O4/c1-11-13-5-3-4-6-15(13)27-16(9-31-2)18(11)20(30)32-10-17(29)28-19-14(22)7-12(8-26-19)21(23,24)25/h3-8H,9-10H2,1-2H3,(H,26,28,29). The summed E-state index contributed by atoms with van der Waals surface area (Å²) in [6.45, 7) is 1.07. The molecular formula is C21H17ClF3N3O4. The fraction of sp³-hybridized carbons (Fsp3) is 0.238. The van der Waals surface area contributed by atoms with Crippen LogP contribution in [0.4, 0.5) is 19.0 Å². The summed E-state index contributed by atoms with van der Waals surface area (Å²) >= 11 is 5.76. The first kappa shape index (κ1) is 23.4. The average molecular weight is 468 g/mol. The summed E-state index contributed by atoms with van der Waals surface area (Å²) in [6, 6.07) is 7.85. The Morgan fingerprint density at radius 3 is 2.59 bits per heavy atom. The molecule has 32 heavy (non-hydrogen) atoms. The van der Waals surface area contributed by atoms with Crippen LogP contribution >= 0.6 is 11.6 Å². The Hall–Kier alpha value is -3.24. The van der Waals surface area contributed by atoms with Crippen LogP contribution in [0.25, 0.3) is 10.9 Å². The van der Waals surface area contributed by atoms with E-state index < -0.39 is 35.2 Å². The highest BCUT2D eigenvalue weighted by molar-refractivity contribution is 6.33. The molecule has 11 heteroatoms. The Morgan fingerprint density at radius 1 is 1.22 bits per heavy atom. The number of hydrogen-bond acceptors (Lipinski definition) is 6. The van der Waals surface area contributed by atoms with Crippen molar-refractivity contribution in [2.45, 2.75) is 19.7 Å². The zero-order chi connectivity index (χ0) is 23.5. The van der Waals surface area contributed by atoms with Gasteiger partial charge >= 0.3 is 12.1 Å². The van der Waals surface area contributed by atoms with Gasteiger partial charge in [-0.15, -0.1) is 0 Å². The number of alkyl halides is 3. The van der Waals surface area contributed by atoms with E-state index in [-0.39, 0.29) is 18.0 Å². The SMILES string of the molecule is COCc1nc2ccccc2c(C)c1C(=O)OCC(=O)Nc1ncc(C(F)(F)F)cc1Cl. The molecule has 0 spiro atoms. The number of benzene rings is 1. The van der Waals surface area contributed by atoms with Gasteiger partial charge in [-0.05, 0) is 24.6 Å². The second-order valence-corrected chi connectivity index (χ2v) is 7.09. The first-order valence-electron chi connectivity index (χ1n) is 9.18. The molecule has 3 rings (SSSR count). The number of anilines is 1. The Kier molecular flexibility index (Phi) is 6.95. The molecule has 0 unspecified atom stereocenters. The van der Waals surface area contributed by atoms with Crippen molar-refractivity contribution in [3.05, 3.63) is 63.9 Å². The van der Waals surface area contributed by atoms with Gasteiger partial charge in [0, 0.05) is 18.7 Å². The first-order valence-corrected chi connectivity index (χ1v) is 9.56. The Bertz CT molecular complexity index is 1180. The van der Waals surface area contributed by atoms with Crippen molar-refractivity contribution in [2.24, 2.45) is 0 Å². The number of carbonyl (C=O) groups excluding carboxylic acids is 2. The van der Waals surface area contributed by atoms with Gasteiger partial charge in [0.2, 0.25) is 0 Å². The van der Waals surface area contributed by atoms with E-state index in [1.54, 1.807) is 25.1 Å². The number of fused-ring (bicyclic) bond motifs is 1. The molecule has 0 bridgehead atoms. The van der Waals surface area contributed by atoms with Gasteiger partial charge in [0.25, 0.3) is 5.91 Å². The predicted octanol–water partition coefficient (Wildman–Crippen LogP) is 4.55. The highest BCUT2D eigenvalue weighted by Gasteiger charge is 2.31. The Labute approximate surface area is 185 Å². The third kappa shape index (κ3) is 5.14. The van der Waals surface area contributed by atoms with Gasteiger partial charge in [0.15, 0.2) is 12.4 Å². The van der Waals surface area contributed by atoms with Crippen LogP contribution in [0.15, 0.2) is 36.5 Å². The number of amides is 1. The molecular weight excluding hydrogens is 451 g/mol. The van der Waals surface area contributed by atoms with Crippen molar-refractivity contribution in [3.8, 4) is 0 Å². The summed E-state index contributed by atoms with van der Waals surface area (Å²) in [5, 5.41) is 2.55. The smallest absolute Gasteiger partial charge is 0.417 e. The highest BCUT2D eigenvalue weighted by atomic mass is 35.5. The van der Waals surface area contributed by atoms with Gasteiger partial charge < -0.3 is 14.8 Å². The van der Waals surface area contributed by atoms with Crippen molar-refractivity contribution in [2.75, 3.05) is 19.0 Å². The van der Waals surface area contributed by atoms with Crippen molar-refractivity contribution in [3.63, 3.8) is 0 Å². The molecule has 0 saturated carbocycles. The number of nitrogens with one attached hydrogen (secondary N) is 1. The van der Waals surface area contributed by atoms with Crippen LogP contribution in [-0.4, -0.2) is 35.6 Å². The van der Waals surface area contributed by atoms with E-state index in [4.69, 9.17) is 21.1 Å². The van der Waals surface area contributed by atoms with Gasteiger partial charge in [-0.2, -0.15) is 13.2 Å². The van der Waals surface area contributed by atoms with Crippen LogP contribution in [0.5, 0.6) is 0 Å². The minimum atomic E-state index is -4.62. The highest BCUT2D eigenvalue weighted by Crippen LogP contribution is 2.32. The molecule has 7 nitrogen and oxygen atoms in total. The van der Waals surface area contributed by atoms with Crippen molar-refractivity contribution >= 4 is 40.2 Å². The molecule has 0 fully saturated rings. The summed E-state index contributed by atoms with van der Waals surface area (Å²) in [6.07, 6.45) is -4.09. The van der Waals surface area contributed by atoms with Crippen LogP contribution in [0.3, 0.4) is 0 Å². The summed E-state index contributed by atoms with van der Waals surface area (Å²) in [5.74, 6) is -1.91. The molecule has 0 aliphatic rings. The number of pyridine rings is 2. The maximum Gasteiger partial charge on any atom is 0.417 e. The predicted molar refractivity (Wildman–Crippen MR) is 110 cm³/mol. The minimum Gasteiger partial charge on any atom is -0.452 e. The molecule has 0 aliphatic carbocycles. The number of halogens is 4. The van der Waals surface area contributed by atoms with E-state index >= 15 is 0 Å². The first-order chi connectivity index (χ1) is 15.1. The lowest BCUT2D eigenvalue weighted by Crippen LogP contribution is -2.23. The lowest BCUT2D eigenvalue weighted by atomic mass is 10.0. The molecule has 0 atom stereocenters. The zero-order valence-corrected chi connectivity index (χ0v) is 17.7. The molecule has 2 heterocycles. The lowest BCUT2D eigenvalue weighted by Gasteiger charge is -2.14. The number of aromatic nitrogens is 2. The number of esters is 1. The van der Waals surface area contributed by atoms with Gasteiger partial charge in [-0.1, -0.05) is 29.8 Å². The van der Waals surface area contributed by atoms with Gasteiger partial charge in [-0.3, -0.25) is 4.79 Å². The van der Waals surface area contributed by atoms with Crippen molar-refractivity contribution in [1.29, 1.82) is 0 Å². The third-order valence-electron chi connectivity index (χ3n) is 4.47. The maximum atomic E-state index is 12.7. The van der Waals surface area contributed by atoms with Crippen LogP contribution in [0, 0.1) is 6.92 Å². The second-order valence-electron chi connectivity index (χ2n) is 6.69. The lowest BCUT2D eigenvalue weighted by molar-refractivity contribution is -0.137. The monoisotopic (exact) mass is 467 g/mol. The van der Waals surface area contributed by atoms with Crippen LogP contribution in [0.2, 0.25) is 5.02 Å². The third-order valence-corrected chi connectivity index (χ3v) is 4.76. The molecule has 0 saturated heterocycles. The summed E-state index contributed by atoms with van der Waals surface area (Å²) in [4.78, 5) is 32.8. The molecule has 3 aromatic rings. The minimum absolute atomic E-state index is 0.0490. The van der Waals surface area contributed by atoms with Crippen LogP contribution in [-0.2, 0) is 27.1 Å². The molecule has 1 aromatic carbocycles. The van der Waals surface area contributed by atoms with E-state index in [1.807, 2.05) is 6.07 Å². The number of nitrogens with zero attached hydrogens (tertiary/aromatic N) is 2. The van der Waals surface area contributed by atoms with Crippen molar-refractivity contribution in [1.82, 2.24) is 9.97 Å². The topological polar surface area (TPSA) is 90.4 Å². The number of aryl methyl sites for hydroxylation is 1. The number of methoxy groups -OCH3 is 1. The molecule has 0 aliphatic heterocycles. The molecule has 168 valence electrons. The quantitative estimate of drug-likeness (QED) is 0.535. The molecule has 1 amide bonds. The van der Waals surface area contributed by atoms with E-state index in [9.17, 15) is 22.8 Å². The summed E-state index contributed by atoms with van der Waals surface area (Å²) < 4.78 is 48.3. The zero-order valence-electron chi connectivity index (χ0n) is 16.9. The summed E-state index contributed by atoms with van der Waals surface area (Å²) in [7, 11) is 1.45. The largest absolute Gasteiger partial charge is 0.452 e. The number of para-hydroxylation sites is 1. The van der Waals surface area contributed by atoms with Gasteiger partial charge in [0.1, 0.15) is 0 Å². The second kappa shape index (κ2) is 9.49. The number of rotatable bonds is 6. The fourth-order valence-electron chi connectivity index (χ4n) is 3.01. The molecule has 0 radical (unpaired) electrons. The maximum absolute atomic E-state index is 12.7.